The maximum absolute atomic E-state index is 10.8. The number of carboxylic acids is 2. The number of phenols is 2. The summed E-state index contributed by atoms with van der Waals surface area (Å²) in [4.78, 5) is 27.2. The third-order valence-corrected chi connectivity index (χ3v) is 6.44. The Morgan fingerprint density at radius 3 is 1.47 bits per heavy atom. The van der Waals surface area contributed by atoms with Gasteiger partial charge in [-0.2, -0.15) is 0 Å². The van der Waals surface area contributed by atoms with Gasteiger partial charge < -0.3 is 34.8 Å². The number of aliphatic imine (C=N–C) groups is 2. The van der Waals surface area contributed by atoms with E-state index in [2.05, 4.69) is 44.8 Å². The number of aliphatic carboxylic acids is 2. The Labute approximate surface area is 276 Å². The second-order valence-electron chi connectivity index (χ2n) is 10.6. The van der Waals surface area contributed by atoms with Crippen LogP contribution in [0.2, 0.25) is 0 Å². The smallest absolute Gasteiger partial charge is 0.550 e. The Kier molecular flexibility index (Phi) is 18.1. The van der Waals surface area contributed by atoms with Crippen LogP contribution in [0.15, 0.2) is 52.4 Å². The van der Waals surface area contributed by atoms with Gasteiger partial charge in [-0.15, -0.1) is 0 Å². The van der Waals surface area contributed by atoms with Crippen LogP contribution in [0.25, 0.3) is 0 Å². The number of carbonyl (C=O) groups excluding carboxylic acids is 2. The van der Waals surface area contributed by atoms with Crippen LogP contribution in [0.4, 0.5) is 11.4 Å². The van der Waals surface area contributed by atoms with Crippen LogP contribution in [-0.4, -0.2) is 41.7 Å². The number of nitrogens with zero attached hydrogens (tertiary/aromatic N) is 2. The van der Waals surface area contributed by atoms with E-state index in [0.717, 1.165) is 48.9 Å². The van der Waals surface area contributed by atoms with Crippen molar-refractivity contribution in [1.82, 2.24) is 0 Å². The van der Waals surface area contributed by atoms with Crippen molar-refractivity contribution in [3.63, 3.8) is 0 Å². The van der Waals surface area contributed by atoms with Crippen molar-refractivity contribution in [3.05, 3.63) is 75.8 Å². The van der Waals surface area contributed by atoms with Crippen molar-refractivity contribution in [3.8, 4) is 17.2 Å². The number of carbonyl (C=O) groups is 2. The first-order chi connectivity index (χ1) is 20.6. The molecule has 0 amide bonds. The van der Waals surface area contributed by atoms with Gasteiger partial charge in [0.05, 0.1) is 18.5 Å². The molecule has 45 heavy (non-hydrogen) atoms. The molecule has 245 valence electrons. The van der Waals surface area contributed by atoms with E-state index in [-0.39, 0.29) is 28.3 Å². The van der Waals surface area contributed by atoms with E-state index in [1.165, 1.54) is 0 Å². The van der Waals surface area contributed by atoms with Gasteiger partial charge >= 0.3 is 16.8 Å². The molecule has 0 aliphatic carbocycles. The molecule has 3 aromatic carbocycles. The van der Waals surface area contributed by atoms with Crippen LogP contribution in [-0.2, 0) is 39.2 Å². The second kappa shape index (κ2) is 20.0. The molecule has 0 fully saturated rings. The fraction of sp³-hybridized carbons (Fsp3) is 0.371. The maximum atomic E-state index is 10.8. The van der Waals surface area contributed by atoms with E-state index in [0.29, 0.717) is 40.1 Å². The van der Waals surface area contributed by atoms with Gasteiger partial charge in [-0.1, -0.05) is 53.7 Å². The van der Waals surface area contributed by atoms with Crippen LogP contribution in [0.3, 0.4) is 0 Å². The number of hydrogen-bond acceptors (Lipinski definition) is 9. The zero-order valence-corrected chi connectivity index (χ0v) is 28.5. The molecule has 0 saturated heterocycles. The second-order valence-corrected chi connectivity index (χ2v) is 10.6. The van der Waals surface area contributed by atoms with Crippen LogP contribution < -0.4 is 14.9 Å². The van der Waals surface area contributed by atoms with Crippen molar-refractivity contribution in [2.45, 2.75) is 80.1 Å². The normalized spacial score (nSPS) is 10.6. The third-order valence-electron chi connectivity index (χ3n) is 6.44. The molecule has 0 aliphatic heterocycles. The average Bonchev–Trinajstić information content (AvgIpc) is 2.95. The largest absolute Gasteiger partial charge is 2.00 e. The number of hydrogen-bond donors (Lipinski definition) is 2. The molecule has 0 aliphatic rings. The standard InChI is InChI=1S/C31H38N2O3.2C2H4O2.Co/c1-8-21-12-23(19(3)4)14-25(30(21)34)17-32-28-11-10-27(36-7)16-29(28)33-18-26-15-24(20(5)6)13-22(9-2)31(26)35;2*1-2(3)4;/h10-20,34-35H,8-9H2,1-7H3;2*1H3,(H,3,4);/q;;;+2/p-2. The Morgan fingerprint density at radius 2 is 1.13 bits per heavy atom. The van der Waals surface area contributed by atoms with Crippen molar-refractivity contribution >= 4 is 35.7 Å². The van der Waals surface area contributed by atoms with Crippen molar-refractivity contribution < 1.29 is 51.5 Å². The SMILES string of the molecule is CC(=O)[O-].CC(=O)[O-].CCc1cc(C(C)C)cc(C=Nc2ccc(OC)cc2N=Cc2cc(C(C)C)cc(CC)c2O)c1O.[Co+2]. The summed E-state index contributed by atoms with van der Waals surface area (Å²) in [5, 5.41) is 39.3. The van der Waals surface area contributed by atoms with E-state index in [4.69, 9.17) is 29.5 Å². The molecule has 0 atom stereocenters. The molecule has 0 saturated carbocycles. The van der Waals surface area contributed by atoms with Crippen LogP contribution in [0, 0.1) is 0 Å². The molecule has 3 aromatic rings. The molecule has 3 rings (SSSR count). The van der Waals surface area contributed by atoms with Crippen LogP contribution >= 0.6 is 0 Å². The predicted octanol–water partition coefficient (Wildman–Crippen LogP) is 5.49. The van der Waals surface area contributed by atoms with Crippen LogP contribution in [0.5, 0.6) is 17.2 Å². The number of aromatic hydroxyl groups is 2. The summed E-state index contributed by atoms with van der Waals surface area (Å²) in [7, 11) is 1.61. The van der Waals surface area contributed by atoms with Gasteiger partial charge in [0.1, 0.15) is 17.2 Å². The topological polar surface area (TPSA) is 155 Å². The first kappa shape index (κ1) is 40.8. The summed E-state index contributed by atoms with van der Waals surface area (Å²) in [6.45, 7) is 14.5. The summed E-state index contributed by atoms with van der Waals surface area (Å²) in [6.07, 6.45) is 4.85. The molecule has 9 nitrogen and oxygen atoms in total. The Balaban J connectivity index is 0.00000192. The zero-order chi connectivity index (χ0) is 33.6. The quantitative estimate of drug-likeness (QED) is 0.287. The molecule has 0 aromatic heterocycles. The van der Waals surface area contributed by atoms with Crippen molar-refractivity contribution in [2.75, 3.05) is 7.11 Å². The number of methoxy groups -OCH3 is 1. The number of carboxylic acid groups (broad SMARTS) is 2. The Morgan fingerprint density at radius 1 is 0.756 bits per heavy atom. The predicted molar refractivity (Wildman–Crippen MR) is 172 cm³/mol. The molecule has 1 radical (unpaired) electrons. The molecule has 0 unspecified atom stereocenters. The Bertz CT molecular complexity index is 1460. The average molecular weight is 664 g/mol. The molecule has 0 heterocycles. The number of aryl methyl sites for hydroxylation is 2. The minimum absolute atomic E-state index is 0. The number of phenolic OH excluding ortho intramolecular Hbond substituents is 2. The monoisotopic (exact) mass is 663 g/mol. The summed E-state index contributed by atoms with van der Waals surface area (Å²) < 4.78 is 5.41. The minimum Gasteiger partial charge on any atom is -0.550 e. The summed E-state index contributed by atoms with van der Waals surface area (Å²) in [5.41, 5.74) is 6.71. The molecule has 2 N–H and O–H groups in total. The van der Waals surface area contributed by atoms with Crippen LogP contribution in [0.1, 0.15) is 101 Å². The summed E-state index contributed by atoms with van der Waals surface area (Å²) in [6, 6.07) is 13.6. The summed E-state index contributed by atoms with van der Waals surface area (Å²) in [5.74, 6) is -0.324. The van der Waals surface area contributed by atoms with Gasteiger partial charge in [0.2, 0.25) is 0 Å². The fourth-order valence-electron chi connectivity index (χ4n) is 4.01. The first-order valence-electron chi connectivity index (χ1n) is 14.5. The molecular weight excluding hydrogens is 619 g/mol. The molecule has 0 spiro atoms. The van der Waals surface area contributed by atoms with Gasteiger partial charge in [-0.05, 0) is 85.0 Å². The van der Waals surface area contributed by atoms with Gasteiger partial charge in [0, 0.05) is 41.6 Å². The minimum atomic E-state index is -1.08. The van der Waals surface area contributed by atoms with E-state index >= 15 is 0 Å². The van der Waals surface area contributed by atoms with E-state index < -0.39 is 11.9 Å². The zero-order valence-electron chi connectivity index (χ0n) is 27.4. The fourth-order valence-corrected chi connectivity index (χ4v) is 4.01. The van der Waals surface area contributed by atoms with E-state index in [1.54, 1.807) is 19.5 Å². The van der Waals surface area contributed by atoms with E-state index in [9.17, 15) is 10.2 Å². The summed E-state index contributed by atoms with van der Waals surface area (Å²) >= 11 is 0. The maximum Gasteiger partial charge on any atom is 2.00 e. The molecular formula is C35H44CoN2O7. The molecule has 10 heteroatoms. The van der Waals surface area contributed by atoms with Gasteiger partial charge in [-0.25, -0.2) is 0 Å². The Hall–Kier alpha value is -4.15. The van der Waals surface area contributed by atoms with Crippen molar-refractivity contribution in [2.24, 2.45) is 9.98 Å². The van der Waals surface area contributed by atoms with Crippen molar-refractivity contribution in [1.29, 1.82) is 0 Å². The van der Waals surface area contributed by atoms with Gasteiger partial charge in [0.15, 0.2) is 0 Å². The van der Waals surface area contributed by atoms with E-state index in [1.807, 2.05) is 44.2 Å². The third kappa shape index (κ3) is 13.6. The molecule has 0 bridgehead atoms. The number of rotatable bonds is 9. The van der Waals surface area contributed by atoms with Gasteiger partial charge in [0.25, 0.3) is 0 Å². The number of ether oxygens (including phenoxy) is 1. The number of benzene rings is 3. The first-order valence-corrected chi connectivity index (χ1v) is 14.5. The van der Waals surface area contributed by atoms with Gasteiger partial charge in [-0.3, -0.25) is 9.98 Å².